The lowest BCUT2D eigenvalue weighted by Crippen LogP contribution is -2.22. The summed E-state index contributed by atoms with van der Waals surface area (Å²) in [6, 6.07) is 0. The van der Waals surface area contributed by atoms with Crippen molar-refractivity contribution in [3.63, 3.8) is 0 Å². The van der Waals surface area contributed by atoms with Gasteiger partial charge in [-0.2, -0.15) is 11.8 Å². The minimum absolute atomic E-state index is 0.716. The Bertz CT molecular complexity index is 84.9. The van der Waals surface area contributed by atoms with Gasteiger partial charge in [0.05, 0.1) is 0 Å². The SMILES string of the molecule is C=CC[S+]1CCSCC1. The van der Waals surface area contributed by atoms with Gasteiger partial charge in [0.25, 0.3) is 0 Å². The second-order valence-electron chi connectivity index (χ2n) is 2.09. The van der Waals surface area contributed by atoms with Crippen molar-refractivity contribution in [1.82, 2.24) is 0 Å². The molecule has 0 amide bonds. The first-order chi connectivity index (χ1) is 4.43. The lowest BCUT2D eigenvalue weighted by Gasteiger charge is -2.10. The molecule has 0 bridgehead atoms. The van der Waals surface area contributed by atoms with Crippen LogP contribution in [0.4, 0.5) is 0 Å². The van der Waals surface area contributed by atoms with Crippen LogP contribution < -0.4 is 0 Å². The molecule has 0 spiro atoms. The fourth-order valence-electron chi connectivity index (χ4n) is 0.891. The van der Waals surface area contributed by atoms with Crippen molar-refractivity contribution in [2.75, 3.05) is 28.8 Å². The van der Waals surface area contributed by atoms with Crippen molar-refractivity contribution in [1.29, 1.82) is 0 Å². The maximum atomic E-state index is 3.75. The second-order valence-corrected chi connectivity index (χ2v) is 5.69. The van der Waals surface area contributed by atoms with E-state index in [2.05, 4.69) is 24.4 Å². The molecular formula is C7H13S2+. The summed E-state index contributed by atoms with van der Waals surface area (Å²) >= 11 is 2.10. The highest BCUT2D eigenvalue weighted by Gasteiger charge is 2.19. The molecular weight excluding hydrogens is 148 g/mol. The van der Waals surface area contributed by atoms with E-state index in [1.165, 1.54) is 28.8 Å². The Morgan fingerprint density at radius 2 is 2.11 bits per heavy atom. The van der Waals surface area contributed by atoms with E-state index in [0.29, 0.717) is 10.9 Å². The minimum atomic E-state index is 0.716. The van der Waals surface area contributed by atoms with E-state index in [4.69, 9.17) is 0 Å². The molecule has 1 aliphatic rings. The summed E-state index contributed by atoms with van der Waals surface area (Å²) in [5.74, 6) is 6.92. The van der Waals surface area contributed by atoms with Gasteiger partial charge in [-0.1, -0.05) is 6.58 Å². The van der Waals surface area contributed by atoms with Crippen LogP contribution in [0.25, 0.3) is 0 Å². The maximum absolute atomic E-state index is 3.75. The molecule has 0 atom stereocenters. The summed E-state index contributed by atoms with van der Waals surface area (Å²) in [7, 11) is 0.716. The summed E-state index contributed by atoms with van der Waals surface area (Å²) in [5.41, 5.74) is 0. The molecule has 1 rings (SSSR count). The van der Waals surface area contributed by atoms with Gasteiger partial charge < -0.3 is 0 Å². The molecule has 0 nitrogen and oxygen atoms in total. The Kier molecular flexibility index (Phi) is 3.59. The van der Waals surface area contributed by atoms with E-state index >= 15 is 0 Å². The number of hydrogen-bond acceptors (Lipinski definition) is 1. The predicted octanol–water partition coefficient (Wildman–Crippen LogP) is 1.54. The molecule has 1 heterocycles. The van der Waals surface area contributed by atoms with E-state index in [1.807, 2.05) is 0 Å². The van der Waals surface area contributed by atoms with Crippen molar-refractivity contribution in [3.8, 4) is 0 Å². The molecule has 1 saturated heterocycles. The first kappa shape index (κ1) is 7.55. The third-order valence-corrected chi connectivity index (χ3v) is 5.16. The standard InChI is InChI=1S/C7H13S2/c1-2-5-9-6-3-8-4-7-9/h2H,1,3-7H2/q+1. The van der Waals surface area contributed by atoms with Crippen LogP contribution in [0.3, 0.4) is 0 Å². The molecule has 0 aliphatic carbocycles. The quantitative estimate of drug-likeness (QED) is 0.437. The van der Waals surface area contributed by atoms with Crippen molar-refractivity contribution < 1.29 is 0 Å². The van der Waals surface area contributed by atoms with Gasteiger partial charge in [0.1, 0.15) is 17.3 Å². The van der Waals surface area contributed by atoms with Crippen LogP contribution in [0.5, 0.6) is 0 Å². The number of hydrogen-bond donors (Lipinski definition) is 0. The minimum Gasteiger partial charge on any atom is -0.152 e. The van der Waals surface area contributed by atoms with Crippen LogP contribution in [0, 0.1) is 0 Å². The van der Waals surface area contributed by atoms with Gasteiger partial charge in [-0.3, -0.25) is 0 Å². The average Bonchev–Trinajstić information content (AvgIpc) is 1.91. The Morgan fingerprint density at radius 1 is 1.44 bits per heavy atom. The summed E-state index contributed by atoms with van der Waals surface area (Å²) in [6.07, 6.45) is 2.07. The average molecular weight is 161 g/mol. The van der Waals surface area contributed by atoms with Crippen LogP contribution in [0.2, 0.25) is 0 Å². The highest BCUT2D eigenvalue weighted by Crippen LogP contribution is 2.13. The molecule has 52 valence electrons. The van der Waals surface area contributed by atoms with Gasteiger partial charge in [0.2, 0.25) is 0 Å². The Labute approximate surface area is 64.4 Å². The summed E-state index contributed by atoms with van der Waals surface area (Å²) in [6.45, 7) is 3.75. The fourth-order valence-corrected chi connectivity index (χ4v) is 4.79. The lowest BCUT2D eigenvalue weighted by atomic mass is 10.8. The topological polar surface area (TPSA) is 0 Å². The first-order valence-electron chi connectivity index (χ1n) is 3.26. The fraction of sp³-hybridized carbons (Fsp3) is 0.714. The molecule has 0 aromatic heterocycles. The maximum Gasteiger partial charge on any atom is 0.126 e. The van der Waals surface area contributed by atoms with Crippen molar-refractivity contribution in [3.05, 3.63) is 12.7 Å². The Hall–Kier alpha value is 0.440. The van der Waals surface area contributed by atoms with Gasteiger partial charge in [0, 0.05) is 11.5 Å². The zero-order chi connectivity index (χ0) is 6.53. The van der Waals surface area contributed by atoms with Crippen LogP contribution in [-0.4, -0.2) is 28.8 Å². The first-order valence-corrected chi connectivity index (χ1v) is 6.15. The lowest BCUT2D eigenvalue weighted by molar-refractivity contribution is 1.38. The third-order valence-electron chi connectivity index (χ3n) is 1.39. The monoisotopic (exact) mass is 161 g/mol. The summed E-state index contributed by atoms with van der Waals surface area (Å²) in [4.78, 5) is 0. The predicted molar refractivity (Wildman–Crippen MR) is 49.5 cm³/mol. The normalized spacial score (nSPS) is 21.8. The van der Waals surface area contributed by atoms with Crippen LogP contribution >= 0.6 is 11.8 Å². The van der Waals surface area contributed by atoms with E-state index < -0.39 is 0 Å². The van der Waals surface area contributed by atoms with Crippen LogP contribution in [0.1, 0.15) is 0 Å². The molecule has 0 saturated carbocycles. The molecule has 1 fully saturated rings. The number of thioether (sulfide) groups is 1. The Morgan fingerprint density at radius 3 is 2.67 bits per heavy atom. The van der Waals surface area contributed by atoms with Crippen molar-refractivity contribution >= 4 is 22.7 Å². The zero-order valence-electron chi connectivity index (χ0n) is 5.64. The van der Waals surface area contributed by atoms with Gasteiger partial charge in [-0.25, -0.2) is 0 Å². The van der Waals surface area contributed by atoms with Gasteiger partial charge in [0.15, 0.2) is 0 Å². The molecule has 9 heavy (non-hydrogen) atoms. The van der Waals surface area contributed by atoms with E-state index in [9.17, 15) is 0 Å². The Balaban J connectivity index is 2.15. The van der Waals surface area contributed by atoms with Crippen LogP contribution in [0.15, 0.2) is 12.7 Å². The smallest absolute Gasteiger partial charge is 0.126 e. The largest absolute Gasteiger partial charge is 0.152 e. The highest BCUT2D eigenvalue weighted by atomic mass is 32.2. The van der Waals surface area contributed by atoms with E-state index in [-0.39, 0.29) is 0 Å². The molecule has 0 N–H and O–H groups in total. The van der Waals surface area contributed by atoms with Crippen LogP contribution in [-0.2, 0) is 10.9 Å². The van der Waals surface area contributed by atoms with Crippen molar-refractivity contribution in [2.45, 2.75) is 0 Å². The summed E-state index contributed by atoms with van der Waals surface area (Å²) in [5, 5.41) is 0. The summed E-state index contributed by atoms with van der Waals surface area (Å²) < 4.78 is 0. The van der Waals surface area contributed by atoms with Crippen molar-refractivity contribution in [2.24, 2.45) is 0 Å². The van der Waals surface area contributed by atoms with E-state index in [0.717, 1.165) is 0 Å². The zero-order valence-corrected chi connectivity index (χ0v) is 7.27. The molecule has 2 heteroatoms. The third kappa shape index (κ3) is 2.67. The molecule has 0 aromatic rings. The molecule has 0 radical (unpaired) electrons. The second kappa shape index (κ2) is 4.29. The van der Waals surface area contributed by atoms with Gasteiger partial charge in [-0.05, 0) is 17.0 Å². The molecule has 0 aromatic carbocycles. The van der Waals surface area contributed by atoms with E-state index in [1.54, 1.807) is 0 Å². The molecule has 1 aliphatic heterocycles. The van der Waals surface area contributed by atoms with Gasteiger partial charge in [-0.15, -0.1) is 0 Å². The highest BCUT2D eigenvalue weighted by molar-refractivity contribution is 8.05. The molecule has 0 unspecified atom stereocenters. The van der Waals surface area contributed by atoms with Gasteiger partial charge >= 0.3 is 0 Å². The number of rotatable bonds is 2.